The van der Waals surface area contributed by atoms with Gasteiger partial charge in [0.15, 0.2) is 0 Å². The van der Waals surface area contributed by atoms with Gasteiger partial charge in [-0.15, -0.1) is 0 Å². The van der Waals surface area contributed by atoms with Crippen molar-refractivity contribution in [3.05, 3.63) is 51.1 Å². The third-order valence-corrected chi connectivity index (χ3v) is 4.18. The van der Waals surface area contributed by atoms with Gasteiger partial charge in [-0.3, -0.25) is 4.79 Å². The monoisotopic (exact) mass is 395 g/mol. The molecule has 0 fully saturated rings. The second-order valence-electron chi connectivity index (χ2n) is 4.35. The number of aryl methyl sites for hydroxylation is 1. The minimum Gasteiger partial charge on any atom is -0.320 e. The molecule has 0 aliphatic rings. The van der Waals surface area contributed by atoms with Crippen molar-refractivity contribution in [2.24, 2.45) is 0 Å². The van der Waals surface area contributed by atoms with E-state index in [4.69, 9.17) is 0 Å². The number of carbonyl (C=O) groups is 1. The molecule has 0 aliphatic carbocycles. The molecule has 0 aliphatic heterocycles. The Labute approximate surface area is 133 Å². The van der Waals surface area contributed by atoms with E-state index < -0.39 is 0 Å². The Morgan fingerprint density at radius 3 is 2.90 bits per heavy atom. The van der Waals surface area contributed by atoms with Crippen molar-refractivity contribution >= 4 is 56.9 Å². The van der Waals surface area contributed by atoms with Gasteiger partial charge in [0.25, 0.3) is 5.91 Å². The van der Waals surface area contributed by atoms with Crippen molar-refractivity contribution in [3.8, 4) is 0 Å². The summed E-state index contributed by atoms with van der Waals surface area (Å²) in [5.74, 6) is -0.132. The van der Waals surface area contributed by atoms with Crippen LogP contribution in [0.3, 0.4) is 0 Å². The highest BCUT2D eigenvalue weighted by Gasteiger charge is 2.13. The van der Waals surface area contributed by atoms with Crippen LogP contribution in [-0.2, 0) is 0 Å². The summed E-state index contributed by atoms with van der Waals surface area (Å²) in [5.41, 5.74) is 3.90. The number of nitrogens with one attached hydrogen (secondary N) is 1. The lowest BCUT2D eigenvalue weighted by Crippen LogP contribution is -2.13. The number of halogens is 1. The van der Waals surface area contributed by atoms with Gasteiger partial charge in [-0.2, -0.15) is 8.75 Å². The van der Waals surface area contributed by atoms with E-state index in [-0.39, 0.29) is 5.91 Å². The van der Waals surface area contributed by atoms with E-state index in [2.05, 4.69) is 36.7 Å². The number of amides is 1. The maximum Gasteiger partial charge on any atom is 0.255 e. The SMILES string of the molecule is Cc1ccc2nsnc2c1NC(=O)c1cccc(I)c1. The molecular formula is C14H10IN3OS. The fourth-order valence-corrected chi connectivity index (χ4v) is 3.01. The average molecular weight is 395 g/mol. The molecular weight excluding hydrogens is 385 g/mol. The number of anilines is 1. The first-order valence-electron chi connectivity index (χ1n) is 5.94. The summed E-state index contributed by atoms with van der Waals surface area (Å²) in [6.07, 6.45) is 0. The van der Waals surface area contributed by atoms with Gasteiger partial charge in [0.05, 0.1) is 17.4 Å². The molecule has 1 amide bonds. The summed E-state index contributed by atoms with van der Waals surface area (Å²) < 4.78 is 9.48. The molecule has 0 bridgehead atoms. The third kappa shape index (κ3) is 2.53. The van der Waals surface area contributed by atoms with Crippen LogP contribution in [0.4, 0.5) is 5.69 Å². The normalized spacial score (nSPS) is 10.7. The standard InChI is InChI=1S/C14H10IN3OS/c1-8-5-6-11-13(18-20-17-11)12(8)16-14(19)9-3-2-4-10(15)7-9/h2-7H,1H3,(H,16,19). The molecule has 0 atom stereocenters. The summed E-state index contributed by atoms with van der Waals surface area (Å²) >= 11 is 3.34. The highest BCUT2D eigenvalue weighted by molar-refractivity contribution is 14.1. The third-order valence-electron chi connectivity index (χ3n) is 2.96. The van der Waals surface area contributed by atoms with Crippen molar-refractivity contribution < 1.29 is 4.79 Å². The summed E-state index contributed by atoms with van der Waals surface area (Å²) in [5, 5.41) is 2.94. The van der Waals surface area contributed by atoms with E-state index in [1.165, 1.54) is 0 Å². The van der Waals surface area contributed by atoms with Crippen LogP contribution in [-0.4, -0.2) is 14.7 Å². The highest BCUT2D eigenvalue weighted by Crippen LogP contribution is 2.26. The topological polar surface area (TPSA) is 54.9 Å². The first kappa shape index (κ1) is 13.4. The van der Waals surface area contributed by atoms with E-state index in [1.54, 1.807) is 6.07 Å². The first-order chi connectivity index (χ1) is 9.65. The van der Waals surface area contributed by atoms with Gasteiger partial charge in [-0.05, 0) is 59.3 Å². The van der Waals surface area contributed by atoms with Crippen LogP contribution in [0.5, 0.6) is 0 Å². The Morgan fingerprint density at radius 1 is 1.25 bits per heavy atom. The van der Waals surface area contributed by atoms with Gasteiger partial charge < -0.3 is 5.32 Å². The molecule has 0 spiro atoms. The lowest BCUT2D eigenvalue weighted by atomic mass is 10.1. The molecule has 0 radical (unpaired) electrons. The van der Waals surface area contributed by atoms with Gasteiger partial charge >= 0.3 is 0 Å². The molecule has 1 heterocycles. The number of nitrogens with zero attached hydrogens (tertiary/aromatic N) is 2. The Kier molecular flexibility index (Phi) is 3.66. The van der Waals surface area contributed by atoms with E-state index in [1.807, 2.05) is 37.3 Å². The molecule has 1 N–H and O–H groups in total. The molecule has 3 rings (SSSR count). The molecule has 20 heavy (non-hydrogen) atoms. The minimum absolute atomic E-state index is 0.132. The van der Waals surface area contributed by atoms with Crippen LogP contribution in [0.15, 0.2) is 36.4 Å². The van der Waals surface area contributed by atoms with Crippen LogP contribution in [0.1, 0.15) is 15.9 Å². The maximum atomic E-state index is 12.3. The molecule has 6 heteroatoms. The highest BCUT2D eigenvalue weighted by atomic mass is 127. The molecule has 3 aromatic rings. The lowest BCUT2D eigenvalue weighted by Gasteiger charge is -2.09. The van der Waals surface area contributed by atoms with Crippen molar-refractivity contribution in [3.63, 3.8) is 0 Å². The Hall–Kier alpha value is -1.54. The van der Waals surface area contributed by atoms with Crippen molar-refractivity contribution in [2.45, 2.75) is 6.92 Å². The first-order valence-corrected chi connectivity index (χ1v) is 7.75. The van der Waals surface area contributed by atoms with Crippen LogP contribution in [0, 0.1) is 10.5 Å². The van der Waals surface area contributed by atoms with Crippen LogP contribution >= 0.6 is 34.3 Å². The van der Waals surface area contributed by atoms with Gasteiger partial charge in [0.1, 0.15) is 11.0 Å². The van der Waals surface area contributed by atoms with Gasteiger partial charge in [-0.25, -0.2) is 0 Å². The molecule has 0 saturated carbocycles. The zero-order valence-electron chi connectivity index (χ0n) is 10.6. The quantitative estimate of drug-likeness (QED) is 0.671. The van der Waals surface area contributed by atoms with E-state index in [0.29, 0.717) is 5.56 Å². The number of aromatic nitrogens is 2. The molecule has 0 saturated heterocycles. The summed E-state index contributed by atoms with van der Waals surface area (Å²) in [6, 6.07) is 11.3. The predicted molar refractivity (Wildman–Crippen MR) is 89.3 cm³/mol. The van der Waals surface area contributed by atoms with Crippen molar-refractivity contribution in [1.29, 1.82) is 0 Å². The largest absolute Gasteiger partial charge is 0.320 e. The second-order valence-corrected chi connectivity index (χ2v) is 6.13. The fourth-order valence-electron chi connectivity index (χ4n) is 1.93. The molecule has 1 aromatic heterocycles. The number of hydrogen-bond acceptors (Lipinski definition) is 4. The van der Waals surface area contributed by atoms with E-state index >= 15 is 0 Å². The van der Waals surface area contributed by atoms with E-state index in [9.17, 15) is 4.79 Å². The lowest BCUT2D eigenvalue weighted by molar-refractivity contribution is 0.102. The number of carbonyl (C=O) groups excluding carboxylic acids is 1. The van der Waals surface area contributed by atoms with Crippen molar-refractivity contribution in [1.82, 2.24) is 8.75 Å². The van der Waals surface area contributed by atoms with Crippen LogP contribution in [0.2, 0.25) is 0 Å². The Bertz CT molecular complexity index is 800. The Balaban J connectivity index is 1.99. The second kappa shape index (κ2) is 5.45. The molecule has 2 aromatic carbocycles. The van der Waals surface area contributed by atoms with Crippen LogP contribution in [0.25, 0.3) is 11.0 Å². The number of hydrogen-bond donors (Lipinski definition) is 1. The summed E-state index contributed by atoms with van der Waals surface area (Å²) in [4.78, 5) is 12.3. The fraction of sp³-hybridized carbons (Fsp3) is 0.0714. The number of fused-ring (bicyclic) bond motifs is 1. The predicted octanol–water partition coefficient (Wildman–Crippen LogP) is 3.86. The zero-order valence-corrected chi connectivity index (χ0v) is 13.5. The smallest absolute Gasteiger partial charge is 0.255 e. The Morgan fingerprint density at radius 2 is 2.10 bits per heavy atom. The number of benzene rings is 2. The summed E-state index contributed by atoms with van der Waals surface area (Å²) in [6.45, 7) is 1.95. The van der Waals surface area contributed by atoms with Gasteiger partial charge in [-0.1, -0.05) is 12.1 Å². The van der Waals surface area contributed by atoms with Gasteiger partial charge in [0.2, 0.25) is 0 Å². The number of rotatable bonds is 2. The van der Waals surface area contributed by atoms with Crippen molar-refractivity contribution in [2.75, 3.05) is 5.32 Å². The zero-order chi connectivity index (χ0) is 14.1. The maximum absolute atomic E-state index is 12.3. The molecule has 100 valence electrons. The summed E-state index contributed by atoms with van der Waals surface area (Å²) in [7, 11) is 0. The van der Waals surface area contributed by atoms with Crippen LogP contribution < -0.4 is 5.32 Å². The van der Waals surface area contributed by atoms with Gasteiger partial charge in [0, 0.05) is 9.13 Å². The molecule has 4 nitrogen and oxygen atoms in total. The van der Waals surface area contributed by atoms with E-state index in [0.717, 1.165) is 37.6 Å². The average Bonchev–Trinajstić information content (AvgIpc) is 2.90. The molecule has 0 unspecified atom stereocenters. The minimum atomic E-state index is -0.132.